The highest BCUT2D eigenvalue weighted by Crippen LogP contribution is 2.37. The van der Waals surface area contributed by atoms with Crippen LogP contribution in [-0.2, 0) is 10.3 Å². The molecule has 2 saturated heterocycles. The number of likely N-dealkylation sites (tertiary alicyclic amines) is 2. The quantitative estimate of drug-likeness (QED) is 0.788. The van der Waals surface area contributed by atoms with E-state index in [1.54, 1.807) is 29.2 Å². The zero-order valence-electron chi connectivity index (χ0n) is 17.3. The molecule has 2 heterocycles. The maximum absolute atomic E-state index is 13.2. The number of hydrogen-bond donors (Lipinski definition) is 1. The number of benzene rings is 2. The second-order valence-electron chi connectivity index (χ2n) is 8.12. The number of methoxy groups -OCH3 is 1. The van der Waals surface area contributed by atoms with Crippen LogP contribution in [0.2, 0.25) is 0 Å². The molecule has 0 aliphatic carbocycles. The van der Waals surface area contributed by atoms with Gasteiger partial charge in [-0.3, -0.25) is 9.69 Å². The molecule has 2 aliphatic heterocycles. The number of amides is 1. The molecule has 1 N–H and O–H groups in total. The van der Waals surface area contributed by atoms with Gasteiger partial charge < -0.3 is 14.7 Å². The maximum Gasteiger partial charge on any atom is 0.337 e. The lowest BCUT2D eigenvalue weighted by atomic mass is 9.79. The molecule has 0 aromatic heterocycles. The first-order chi connectivity index (χ1) is 14.5. The Bertz CT molecular complexity index is 910. The minimum Gasteiger partial charge on any atom is -0.465 e. The fourth-order valence-corrected chi connectivity index (χ4v) is 4.72. The topological polar surface area (TPSA) is 70.1 Å². The van der Waals surface area contributed by atoms with Crippen LogP contribution in [0.4, 0.5) is 0 Å². The van der Waals surface area contributed by atoms with Gasteiger partial charge in [-0.2, -0.15) is 0 Å². The van der Waals surface area contributed by atoms with E-state index < -0.39 is 11.6 Å². The predicted octanol–water partition coefficient (Wildman–Crippen LogP) is 2.67. The summed E-state index contributed by atoms with van der Waals surface area (Å²) >= 11 is 0. The molecule has 2 atom stereocenters. The lowest BCUT2D eigenvalue weighted by Crippen LogP contribution is -2.61. The summed E-state index contributed by atoms with van der Waals surface area (Å²) in [5.74, 6) is -0.586. The van der Waals surface area contributed by atoms with Gasteiger partial charge in [0.2, 0.25) is 0 Å². The standard InChI is InChI=1S/C24H28N2O4/c1-30-23(28)19-9-7-8-18(16-19)22(27)26-15-12-24(29,20-10-3-2-4-11-20)21(17-26)25-13-5-6-14-25/h2-4,7-11,16,21,29H,5-6,12-15,17H2,1H3/t21-,24+/m1/s1. The summed E-state index contributed by atoms with van der Waals surface area (Å²) in [4.78, 5) is 29.2. The van der Waals surface area contributed by atoms with E-state index in [0.717, 1.165) is 31.5 Å². The monoisotopic (exact) mass is 408 g/mol. The Morgan fingerprint density at radius 3 is 2.40 bits per heavy atom. The van der Waals surface area contributed by atoms with Gasteiger partial charge in [-0.1, -0.05) is 36.4 Å². The van der Waals surface area contributed by atoms with Crippen LogP contribution in [-0.4, -0.2) is 66.1 Å². The van der Waals surface area contributed by atoms with Gasteiger partial charge in [-0.15, -0.1) is 0 Å². The van der Waals surface area contributed by atoms with E-state index >= 15 is 0 Å². The molecule has 30 heavy (non-hydrogen) atoms. The van der Waals surface area contributed by atoms with Gasteiger partial charge in [-0.25, -0.2) is 4.79 Å². The lowest BCUT2D eigenvalue weighted by Gasteiger charge is -2.48. The first-order valence-corrected chi connectivity index (χ1v) is 10.5. The molecule has 0 radical (unpaired) electrons. The zero-order valence-corrected chi connectivity index (χ0v) is 17.3. The van der Waals surface area contributed by atoms with Crippen molar-refractivity contribution in [3.05, 3.63) is 71.3 Å². The van der Waals surface area contributed by atoms with Gasteiger partial charge >= 0.3 is 5.97 Å². The van der Waals surface area contributed by atoms with Crippen molar-refractivity contribution < 1.29 is 19.4 Å². The molecule has 0 spiro atoms. The SMILES string of the molecule is COC(=O)c1cccc(C(=O)N2CC[C@](O)(c3ccccc3)[C@H](N3CCCC3)C2)c1. The largest absolute Gasteiger partial charge is 0.465 e. The summed E-state index contributed by atoms with van der Waals surface area (Å²) in [6, 6.07) is 16.3. The van der Waals surface area contributed by atoms with E-state index in [1.807, 2.05) is 30.3 Å². The highest BCUT2D eigenvalue weighted by molar-refractivity contribution is 5.98. The van der Waals surface area contributed by atoms with Crippen molar-refractivity contribution in [2.45, 2.75) is 30.9 Å². The van der Waals surface area contributed by atoms with Gasteiger partial charge in [0.15, 0.2) is 0 Å². The summed E-state index contributed by atoms with van der Waals surface area (Å²) < 4.78 is 4.77. The lowest BCUT2D eigenvalue weighted by molar-refractivity contribution is -0.0878. The van der Waals surface area contributed by atoms with Crippen LogP contribution < -0.4 is 0 Å². The third-order valence-corrected chi connectivity index (χ3v) is 6.38. The number of ether oxygens (including phenoxy) is 1. The number of hydrogen-bond acceptors (Lipinski definition) is 5. The van der Waals surface area contributed by atoms with Gasteiger partial charge in [0.05, 0.1) is 18.7 Å². The highest BCUT2D eigenvalue weighted by atomic mass is 16.5. The number of carbonyl (C=O) groups is 2. The molecular formula is C24H28N2O4. The van der Waals surface area contributed by atoms with E-state index in [9.17, 15) is 14.7 Å². The van der Waals surface area contributed by atoms with Crippen LogP contribution in [0.3, 0.4) is 0 Å². The first kappa shape index (κ1) is 20.6. The van der Waals surface area contributed by atoms with E-state index in [4.69, 9.17) is 4.74 Å². The molecule has 4 rings (SSSR count). The van der Waals surface area contributed by atoms with E-state index in [0.29, 0.717) is 30.6 Å². The van der Waals surface area contributed by atoms with E-state index in [2.05, 4.69) is 4.90 Å². The van der Waals surface area contributed by atoms with Gasteiger partial charge in [0, 0.05) is 18.7 Å². The summed E-state index contributed by atoms with van der Waals surface area (Å²) in [7, 11) is 1.33. The number of aliphatic hydroxyl groups is 1. The van der Waals surface area contributed by atoms with Gasteiger partial charge in [0.25, 0.3) is 5.91 Å². The molecule has 2 aromatic carbocycles. The number of piperidine rings is 1. The van der Waals surface area contributed by atoms with Crippen molar-refractivity contribution in [2.75, 3.05) is 33.3 Å². The Kier molecular flexibility index (Phi) is 5.88. The minimum absolute atomic E-state index is 0.125. The molecule has 2 aromatic rings. The van der Waals surface area contributed by atoms with Crippen molar-refractivity contribution in [2.24, 2.45) is 0 Å². The predicted molar refractivity (Wildman–Crippen MR) is 113 cm³/mol. The molecule has 0 saturated carbocycles. The smallest absolute Gasteiger partial charge is 0.337 e. The summed E-state index contributed by atoms with van der Waals surface area (Å²) in [5.41, 5.74) is 0.734. The first-order valence-electron chi connectivity index (χ1n) is 10.5. The molecule has 158 valence electrons. The summed E-state index contributed by atoms with van der Waals surface area (Å²) in [6.45, 7) is 2.77. The van der Waals surface area contributed by atoms with E-state index in [1.165, 1.54) is 7.11 Å². The third kappa shape index (κ3) is 3.85. The molecule has 2 fully saturated rings. The fraction of sp³-hybridized carbons (Fsp3) is 0.417. The number of carbonyl (C=O) groups excluding carboxylic acids is 2. The Balaban J connectivity index is 1.60. The van der Waals surface area contributed by atoms with Crippen molar-refractivity contribution in [3.8, 4) is 0 Å². The van der Waals surface area contributed by atoms with Gasteiger partial charge in [0.1, 0.15) is 5.60 Å². The Hall–Kier alpha value is -2.70. The van der Waals surface area contributed by atoms with Gasteiger partial charge in [-0.05, 0) is 56.1 Å². The van der Waals surface area contributed by atoms with Crippen molar-refractivity contribution in [1.82, 2.24) is 9.80 Å². The van der Waals surface area contributed by atoms with Crippen LogP contribution in [0, 0.1) is 0 Å². The fourth-order valence-electron chi connectivity index (χ4n) is 4.72. The number of esters is 1. The Morgan fingerprint density at radius 2 is 1.70 bits per heavy atom. The molecule has 2 aliphatic rings. The second kappa shape index (κ2) is 8.58. The van der Waals surface area contributed by atoms with Crippen molar-refractivity contribution in [1.29, 1.82) is 0 Å². The Morgan fingerprint density at radius 1 is 1.00 bits per heavy atom. The average Bonchev–Trinajstić information content (AvgIpc) is 3.33. The highest BCUT2D eigenvalue weighted by Gasteiger charge is 2.47. The van der Waals surface area contributed by atoms with Crippen LogP contribution in [0.25, 0.3) is 0 Å². The molecular weight excluding hydrogens is 380 g/mol. The second-order valence-corrected chi connectivity index (χ2v) is 8.12. The number of rotatable bonds is 4. The minimum atomic E-state index is -0.990. The third-order valence-electron chi connectivity index (χ3n) is 6.38. The molecule has 0 bridgehead atoms. The molecule has 6 heteroatoms. The van der Waals surface area contributed by atoms with Crippen LogP contribution in [0.15, 0.2) is 54.6 Å². The van der Waals surface area contributed by atoms with Crippen molar-refractivity contribution >= 4 is 11.9 Å². The number of nitrogens with zero attached hydrogens (tertiary/aromatic N) is 2. The molecule has 6 nitrogen and oxygen atoms in total. The summed E-state index contributed by atoms with van der Waals surface area (Å²) in [5, 5.41) is 11.7. The van der Waals surface area contributed by atoms with Crippen LogP contribution in [0.1, 0.15) is 45.5 Å². The molecule has 1 amide bonds. The molecule has 0 unspecified atom stereocenters. The average molecular weight is 408 g/mol. The maximum atomic E-state index is 13.2. The summed E-state index contributed by atoms with van der Waals surface area (Å²) in [6.07, 6.45) is 2.69. The van der Waals surface area contributed by atoms with Crippen molar-refractivity contribution in [3.63, 3.8) is 0 Å². The van der Waals surface area contributed by atoms with E-state index in [-0.39, 0.29) is 11.9 Å². The zero-order chi connectivity index (χ0) is 21.1. The normalized spacial score (nSPS) is 24.6. The Labute approximate surface area is 177 Å². The van der Waals surface area contributed by atoms with Crippen LogP contribution >= 0.6 is 0 Å². The van der Waals surface area contributed by atoms with Crippen LogP contribution in [0.5, 0.6) is 0 Å².